The Kier molecular flexibility index (Phi) is 3.71. The Morgan fingerprint density at radius 3 is 2.65 bits per heavy atom. The van der Waals surface area contributed by atoms with Gasteiger partial charge in [0, 0.05) is 5.41 Å². The summed E-state index contributed by atoms with van der Waals surface area (Å²) < 4.78 is 18.5. The van der Waals surface area contributed by atoms with Gasteiger partial charge in [-0.15, -0.1) is 0 Å². The Bertz CT molecular complexity index is 402. The maximum Gasteiger partial charge on any atom is 0.141 e. The second-order valence-corrected chi connectivity index (χ2v) is 5.03. The molecule has 0 saturated carbocycles. The van der Waals surface area contributed by atoms with Gasteiger partial charge in [-0.2, -0.15) is 0 Å². The molecule has 4 heteroatoms. The fraction of sp³-hybridized carbons (Fsp3) is 0.538. The third-order valence-corrected chi connectivity index (χ3v) is 4.06. The molecule has 2 N–H and O–H groups in total. The van der Waals surface area contributed by atoms with E-state index in [9.17, 15) is 4.39 Å². The van der Waals surface area contributed by atoms with Crippen molar-refractivity contribution < 1.29 is 9.13 Å². The lowest BCUT2D eigenvalue weighted by Crippen LogP contribution is -2.54. The molecule has 2 nitrogen and oxygen atoms in total. The van der Waals surface area contributed by atoms with Gasteiger partial charge in [0.2, 0.25) is 0 Å². The molecule has 1 aliphatic heterocycles. The minimum absolute atomic E-state index is 0.0825. The number of rotatable bonds is 4. The van der Waals surface area contributed by atoms with Gasteiger partial charge in [-0.25, -0.2) is 4.39 Å². The highest BCUT2D eigenvalue weighted by molar-refractivity contribution is 6.30. The second-order valence-electron chi connectivity index (χ2n) is 4.62. The van der Waals surface area contributed by atoms with Gasteiger partial charge in [0.1, 0.15) is 5.82 Å². The maximum absolute atomic E-state index is 13.2. The number of nitrogens with two attached hydrogens (primary N) is 1. The molecule has 1 fully saturated rings. The van der Waals surface area contributed by atoms with E-state index in [-0.39, 0.29) is 16.3 Å². The zero-order valence-corrected chi connectivity index (χ0v) is 10.6. The first-order valence-corrected chi connectivity index (χ1v) is 6.25. The normalized spacial score (nSPS) is 19.8. The van der Waals surface area contributed by atoms with Gasteiger partial charge in [-0.1, -0.05) is 31.0 Å². The predicted molar refractivity (Wildman–Crippen MR) is 66.7 cm³/mol. The zero-order chi connectivity index (χ0) is 12.5. The van der Waals surface area contributed by atoms with Gasteiger partial charge < -0.3 is 10.5 Å². The van der Waals surface area contributed by atoms with E-state index in [4.69, 9.17) is 22.1 Å². The van der Waals surface area contributed by atoms with Crippen LogP contribution in [0.2, 0.25) is 5.02 Å². The Morgan fingerprint density at radius 1 is 1.53 bits per heavy atom. The van der Waals surface area contributed by atoms with E-state index < -0.39 is 0 Å². The van der Waals surface area contributed by atoms with E-state index in [1.54, 1.807) is 12.1 Å². The van der Waals surface area contributed by atoms with Crippen LogP contribution in [0.1, 0.15) is 18.9 Å². The molecule has 1 aliphatic rings. The summed E-state index contributed by atoms with van der Waals surface area (Å²) in [5.74, 6) is -0.0376. The van der Waals surface area contributed by atoms with Crippen molar-refractivity contribution in [3.05, 3.63) is 34.6 Å². The number of ether oxygens (including phenoxy) is 1. The number of hydrogen-bond donors (Lipinski definition) is 1. The molecule has 0 amide bonds. The summed E-state index contributed by atoms with van der Waals surface area (Å²) in [7, 11) is 0. The first kappa shape index (κ1) is 12.8. The maximum atomic E-state index is 13.2. The van der Waals surface area contributed by atoms with Crippen LogP contribution in [0.25, 0.3) is 0 Å². The van der Waals surface area contributed by atoms with Crippen molar-refractivity contribution in [2.45, 2.75) is 18.8 Å². The fourth-order valence-corrected chi connectivity index (χ4v) is 2.73. The minimum atomic E-state index is -0.383. The molecule has 1 heterocycles. The second kappa shape index (κ2) is 4.92. The van der Waals surface area contributed by atoms with Crippen LogP contribution in [0, 0.1) is 11.7 Å². The monoisotopic (exact) mass is 257 g/mol. The van der Waals surface area contributed by atoms with Crippen LogP contribution in [0.15, 0.2) is 18.2 Å². The van der Waals surface area contributed by atoms with Crippen LogP contribution in [-0.2, 0) is 10.2 Å². The van der Waals surface area contributed by atoms with E-state index in [1.165, 1.54) is 6.07 Å². The lowest BCUT2D eigenvalue weighted by molar-refractivity contribution is -0.0898. The van der Waals surface area contributed by atoms with Crippen molar-refractivity contribution in [1.29, 1.82) is 0 Å². The first-order chi connectivity index (χ1) is 8.14. The van der Waals surface area contributed by atoms with Crippen LogP contribution in [0.5, 0.6) is 0 Å². The van der Waals surface area contributed by atoms with Gasteiger partial charge in [-0.05, 0) is 30.2 Å². The molecule has 1 aromatic carbocycles. The number of hydrogen-bond acceptors (Lipinski definition) is 2. The van der Waals surface area contributed by atoms with E-state index in [2.05, 4.69) is 6.92 Å². The van der Waals surface area contributed by atoms with Crippen molar-refractivity contribution in [2.75, 3.05) is 19.8 Å². The highest BCUT2D eigenvalue weighted by Gasteiger charge is 2.45. The summed E-state index contributed by atoms with van der Waals surface area (Å²) in [4.78, 5) is 0. The average molecular weight is 258 g/mol. The molecule has 1 saturated heterocycles. The van der Waals surface area contributed by atoms with Crippen LogP contribution in [0.4, 0.5) is 4.39 Å². The molecule has 1 atom stereocenters. The van der Waals surface area contributed by atoms with Crippen molar-refractivity contribution in [1.82, 2.24) is 0 Å². The molecule has 0 spiro atoms. The van der Waals surface area contributed by atoms with Gasteiger partial charge in [0.05, 0.1) is 18.2 Å². The molecular weight excluding hydrogens is 241 g/mol. The predicted octanol–water partition coefficient (Wildman–Crippen LogP) is 2.73. The molecular formula is C13H17ClFNO. The standard InChI is InChI=1S/C13H17ClFNO/c1-2-9(6-16)13(7-17-8-13)10-3-4-12(15)11(14)5-10/h3-5,9H,2,6-8,16H2,1H3. The zero-order valence-electron chi connectivity index (χ0n) is 9.88. The van der Waals surface area contributed by atoms with Crippen molar-refractivity contribution >= 4 is 11.6 Å². The Hall–Kier alpha value is -0.640. The van der Waals surface area contributed by atoms with Crippen LogP contribution in [0.3, 0.4) is 0 Å². The van der Waals surface area contributed by atoms with Crippen molar-refractivity contribution in [3.8, 4) is 0 Å². The topological polar surface area (TPSA) is 35.2 Å². The SMILES string of the molecule is CCC(CN)C1(c2ccc(F)c(Cl)c2)COC1. The summed E-state index contributed by atoms with van der Waals surface area (Å²) >= 11 is 5.84. The molecule has 0 aliphatic carbocycles. The molecule has 94 valence electrons. The van der Waals surface area contributed by atoms with E-state index >= 15 is 0 Å². The summed E-state index contributed by atoms with van der Waals surface area (Å²) in [5.41, 5.74) is 6.77. The van der Waals surface area contributed by atoms with E-state index in [0.717, 1.165) is 12.0 Å². The number of halogens is 2. The van der Waals surface area contributed by atoms with Gasteiger partial charge in [-0.3, -0.25) is 0 Å². The van der Waals surface area contributed by atoms with E-state index in [0.29, 0.717) is 25.7 Å². The Morgan fingerprint density at radius 2 is 2.24 bits per heavy atom. The highest BCUT2D eigenvalue weighted by Crippen LogP contribution is 2.41. The Balaban J connectivity index is 2.37. The third kappa shape index (κ3) is 2.07. The van der Waals surface area contributed by atoms with Crippen molar-refractivity contribution in [3.63, 3.8) is 0 Å². The number of benzene rings is 1. The van der Waals surface area contributed by atoms with Crippen LogP contribution >= 0.6 is 11.6 Å². The minimum Gasteiger partial charge on any atom is -0.379 e. The molecule has 0 radical (unpaired) electrons. The molecule has 2 rings (SSSR count). The van der Waals surface area contributed by atoms with Gasteiger partial charge >= 0.3 is 0 Å². The van der Waals surface area contributed by atoms with Crippen LogP contribution in [-0.4, -0.2) is 19.8 Å². The summed E-state index contributed by atoms with van der Waals surface area (Å²) in [6.07, 6.45) is 0.981. The van der Waals surface area contributed by atoms with Crippen molar-refractivity contribution in [2.24, 2.45) is 11.7 Å². The third-order valence-electron chi connectivity index (χ3n) is 3.77. The molecule has 0 aromatic heterocycles. The molecule has 17 heavy (non-hydrogen) atoms. The van der Waals surface area contributed by atoms with Crippen LogP contribution < -0.4 is 5.73 Å². The van der Waals surface area contributed by atoms with Gasteiger partial charge in [0.25, 0.3) is 0 Å². The molecule has 0 bridgehead atoms. The first-order valence-electron chi connectivity index (χ1n) is 5.87. The van der Waals surface area contributed by atoms with Gasteiger partial charge in [0.15, 0.2) is 0 Å². The fourth-order valence-electron chi connectivity index (χ4n) is 2.55. The summed E-state index contributed by atoms with van der Waals surface area (Å²) in [6.45, 7) is 4.01. The largest absolute Gasteiger partial charge is 0.379 e. The quantitative estimate of drug-likeness (QED) is 0.900. The highest BCUT2D eigenvalue weighted by atomic mass is 35.5. The smallest absolute Gasteiger partial charge is 0.141 e. The summed E-state index contributed by atoms with van der Waals surface area (Å²) in [5, 5.41) is 0.167. The summed E-state index contributed by atoms with van der Waals surface area (Å²) in [6, 6.07) is 4.92. The Labute approximate surface area is 106 Å². The molecule has 1 aromatic rings. The average Bonchev–Trinajstić information content (AvgIpc) is 2.27. The molecule has 1 unspecified atom stereocenters. The van der Waals surface area contributed by atoms with E-state index in [1.807, 2.05) is 0 Å². The lowest BCUT2D eigenvalue weighted by Gasteiger charge is -2.47. The lowest BCUT2D eigenvalue weighted by atomic mass is 9.67.